The van der Waals surface area contributed by atoms with Crippen LogP contribution < -0.4 is 0 Å². The van der Waals surface area contributed by atoms with E-state index < -0.39 is 0 Å². The van der Waals surface area contributed by atoms with E-state index in [0.717, 1.165) is 12.8 Å². The van der Waals surface area contributed by atoms with Crippen LogP contribution in [0, 0.1) is 9.49 Å². The van der Waals surface area contributed by atoms with Gasteiger partial charge in [-0.2, -0.15) is 0 Å². The van der Waals surface area contributed by atoms with Crippen molar-refractivity contribution in [3.8, 4) is 0 Å². The second-order valence-corrected chi connectivity index (χ2v) is 4.71. The predicted octanol–water partition coefficient (Wildman–Crippen LogP) is 3.03. The van der Waals surface area contributed by atoms with Crippen LogP contribution in [-0.4, -0.2) is 13.1 Å². The minimum atomic E-state index is -0.114. The molecule has 3 heteroatoms. The summed E-state index contributed by atoms with van der Waals surface area (Å²) in [6.45, 7) is 2.01. The van der Waals surface area contributed by atoms with Crippen LogP contribution in [0.1, 0.15) is 18.9 Å². The van der Waals surface area contributed by atoms with Crippen molar-refractivity contribution >= 4 is 28.6 Å². The number of ether oxygens (including phenoxy) is 1. The van der Waals surface area contributed by atoms with Crippen molar-refractivity contribution in [3.63, 3.8) is 0 Å². The van der Waals surface area contributed by atoms with Crippen molar-refractivity contribution in [2.75, 3.05) is 7.11 Å². The van der Waals surface area contributed by atoms with E-state index in [-0.39, 0.29) is 11.9 Å². The Morgan fingerprint density at radius 3 is 2.80 bits per heavy atom. The van der Waals surface area contributed by atoms with Crippen LogP contribution in [0.25, 0.3) is 0 Å². The Morgan fingerprint density at radius 1 is 1.53 bits per heavy atom. The van der Waals surface area contributed by atoms with Gasteiger partial charge < -0.3 is 4.74 Å². The molecule has 1 aromatic carbocycles. The first-order valence-corrected chi connectivity index (χ1v) is 6.07. The van der Waals surface area contributed by atoms with E-state index in [9.17, 15) is 4.79 Å². The molecule has 15 heavy (non-hydrogen) atoms. The lowest BCUT2D eigenvalue weighted by molar-refractivity contribution is -0.145. The number of hydrogen-bond acceptors (Lipinski definition) is 2. The number of carbonyl (C=O) groups is 1. The number of halogens is 1. The standard InChI is InChI=1S/C12H15IO2/c1-3-10(12(14)15-2)7-9-5-4-6-11(13)8-9/h4-6,8,10H,3,7H2,1-2H3. The fourth-order valence-corrected chi connectivity index (χ4v) is 2.12. The van der Waals surface area contributed by atoms with Crippen molar-refractivity contribution < 1.29 is 9.53 Å². The molecule has 0 saturated carbocycles. The second-order valence-electron chi connectivity index (χ2n) is 3.46. The highest BCUT2D eigenvalue weighted by atomic mass is 127. The minimum absolute atomic E-state index is 0.0202. The molecule has 0 radical (unpaired) electrons. The Bertz CT molecular complexity index is 336. The number of benzene rings is 1. The first kappa shape index (κ1) is 12.5. The normalized spacial score (nSPS) is 12.2. The Labute approximate surface area is 104 Å². The van der Waals surface area contributed by atoms with Gasteiger partial charge in [-0.3, -0.25) is 4.79 Å². The summed E-state index contributed by atoms with van der Waals surface area (Å²) in [6, 6.07) is 8.21. The van der Waals surface area contributed by atoms with Crippen molar-refractivity contribution in [1.82, 2.24) is 0 Å². The molecule has 1 aromatic rings. The molecule has 0 aliphatic carbocycles. The maximum atomic E-state index is 11.4. The van der Waals surface area contributed by atoms with Gasteiger partial charge in [-0.1, -0.05) is 19.1 Å². The number of hydrogen-bond donors (Lipinski definition) is 0. The molecular formula is C12H15IO2. The van der Waals surface area contributed by atoms with Gasteiger partial charge in [0, 0.05) is 3.57 Å². The highest BCUT2D eigenvalue weighted by Gasteiger charge is 2.17. The van der Waals surface area contributed by atoms with Gasteiger partial charge in [0.05, 0.1) is 13.0 Å². The summed E-state index contributed by atoms with van der Waals surface area (Å²) < 4.78 is 5.96. The van der Waals surface area contributed by atoms with Crippen molar-refractivity contribution in [3.05, 3.63) is 33.4 Å². The fourth-order valence-electron chi connectivity index (χ4n) is 1.51. The molecule has 0 spiro atoms. The average Bonchev–Trinajstić information content (AvgIpc) is 2.25. The Kier molecular flexibility index (Phi) is 5.08. The molecule has 2 nitrogen and oxygen atoms in total. The van der Waals surface area contributed by atoms with Gasteiger partial charge in [0.15, 0.2) is 0 Å². The Balaban J connectivity index is 2.70. The summed E-state index contributed by atoms with van der Waals surface area (Å²) in [7, 11) is 1.44. The van der Waals surface area contributed by atoms with Crippen LogP contribution in [0.15, 0.2) is 24.3 Å². The van der Waals surface area contributed by atoms with Gasteiger partial charge in [0.25, 0.3) is 0 Å². The van der Waals surface area contributed by atoms with Gasteiger partial charge >= 0.3 is 5.97 Å². The van der Waals surface area contributed by atoms with Crippen LogP contribution in [-0.2, 0) is 16.0 Å². The monoisotopic (exact) mass is 318 g/mol. The first-order valence-electron chi connectivity index (χ1n) is 4.99. The highest BCUT2D eigenvalue weighted by Crippen LogP contribution is 2.15. The second kappa shape index (κ2) is 6.10. The molecule has 0 aliphatic rings. The molecule has 82 valence electrons. The lowest BCUT2D eigenvalue weighted by atomic mass is 9.97. The SMILES string of the molecule is CCC(Cc1cccc(I)c1)C(=O)OC. The van der Waals surface area contributed by atoms with Gasteiger partial charge in [0.2, 0.25) is 0 Å². The maximum absolute atomic E-state index is 11.4. The third kappa shape index (κ3) is 3.81. The smallest absolute Gasteiger partial charge is 0.308 e. The zero-order valence-corrected chi connectivity index (χ0v) is 11.2. The number of rotatable bonds is 4. The molecule has 0 N–H and O–H groups in total. The molecule has 1 atom stereocenters. The van der Waals surface area contributed by atoms with Gasteiger partial charge in [-0.25, -0.2) is 0 Å². The van der Waals surface area contributed by atoms with Crippen molar-refractivity contribution in [2.24, 2.45) is 5.92 Å². The predicted molar refractivity (Wildman–Crippen MR) is 68.7 cm³/mol. The van der Waals surface area contributed by atoms with Gasteiger partial charge in [-0.15, -0.1) is 0 Å². The Hall–Kier alpha value is -0.580. The van der Waals surface area contributed by atoms with E-state index in [1.807, 2.05) is 25.1 Å². The summed E-state index contributed by atoms with van der Waals surface area (Å²) in [6.07, 6.45) is 1.58. The average molecular weight is 318 g/mol. The fraction of sp³-hybridized carbons (Fsp3) is 0.417. The Morgan fingerprint density at radius 2 is 2.27 bits per heavy atom. The van der Waals surface area contributed by atoms with Crippen LogP contribution in [0.5, 0.6) is 0 Å². The lowest BCUT2D eigenvalue weighted by Crippen LogP contribution is -2.17. The number of esters is 1. The van der Waals surface area contributed by atoms with Crippen LogP contribution in [0.4, 0.5) is 0 Å². The third-order valence-electron chi connectivity index (χ3n) is 2.40. The first-order chi connectivity index (χ1) is 7.17. The van der Waals surface area contributed by atoms with Crippen molar-refractivity contribution in [1.29, 1.82) is 0 Å². The van der Waals surface area contributed by atoms with Gasteiger partial charge in [0.1, 0.15) is 0 Å². The lowest BCUT2D eigenvalue weighted by Gasteiger charge is -2.12. The topological polar surface area (TPSA) is 26.3 Å². The van der Waals surface area contributed by atoms with E-state index in [1.54, 1.807) is 0 Å². The van der Waals surface area contributed by atoms with Gasteiger partial charge in [-0.05, 0) is 53.1 Å². The van der Waals surface area contributed by atoms with E-state index >= 15 is 0 Å². The molecule has 0 amide bonds. The molecule has 0 bridgehead atoms. The summed E-state index contributed by atoms with van der Waals surface area (Å²) in [4.78, 5) is 11.4. The molecule has 0 aromatic heterocycles. The molecular weight excluding hydrogens is 303 g/mol. The van der Waals surface area contributed by atoms with Crippen LogP contribution >= 0.6 is 22.6 Å². The quantitative estimate of drug-likeness (QED) is 0.630. The molecule has 1 unspecified atom stereocenters. The third-order valence-corrected chi connectivity index (χ3v) is 3.07. The summed E-state index contributed by atoms with van der Waals surface area (Å²) in [5.74, 6) is -0.135. The van der Waals surface area contributed by atoms with E-state index in [2.05, 4.69) is 28.7 Å². The minimum Gasteiger partial charge on any atom is -0.469 e. The molecule has 0 heterocycles. The summed E-state index contributed by atoms with van der Waals surface area (Å²) in [5.41, 5.74) is 1.19. The van der Waals surface area contributed by atoms with E-state index in [4.69, 9.17) is 4.74 Å². The molecule has 0 fully saturated rings. The maximum Gasteiger partial charge on any atom is 0.308 e. The summed E-state index contributed by atoms with van der Waals surface area (Å²) >= 11 is 2.27. The van der Waals surface area contributed by atoms with Crippen LogP contribution in [0.2, 0.25) is 0 Å². The zero-order valence-electron chi connectivity index (χ0n) is 9.00. The summed E-state index contributed by atoms with van der Waals surface area (Å²) in [5, 5.41) is 0. The number of methoxy groups -OCH3 is 1. The van der Waals surface area contributed by atoms with Crippen LogP contribution in [0.3, 0.4) is 0 Å². The molecule has 0 saturated heterocycles. The number of carbonyl (C=O) groups excluding carboxylic acids is 1. The van der Waals surface area contributed by atoms with Crippen molar-refractivity contribution in [2.45, 2.75) is 19.8 Å². The zero-order chi connectivity index (χ0) is 11.3. The highest BCUT2D eigenvalue weighted by molar-refractivity contribution is 14.1. The van der Waals surface area contributed by atoms with E-state index in [1.165, 1.54) is 16.2 Å². The molecule has 0 aliphatic heterocycles. The largest absolute Gasteiger partial charge is 0.469 e. The van der Waals surface area contributed by atoms with E-state index in [0.29, 0.717) is 0 Å². The molecule has 1 rings (SSSR count).